The van der Waals surface area contributed by atoms with E-state index in [1.807, 2.05) is 0 Å². The Morgan fingerprint density at radius 3 is 2.67 bits per heavy atom. The van der Waals surface area contributed by atoms with Crippen LogP contribution in [0.5, 0.6) is 5.75 Å². The van der Waals surface area contributed by atoms with Crippen molar-refractivity contribution in [3.63, 3.8) is 0 Å². The fourth-order valence-electron chi connectivity index (χ4n) is 0.950. The molecule has 1 rings (SSSR count). The molecule has 0 atom stereocenters. The zero-order valence-corrected chi connectivity index (χ0v) is 9.81. The molecule has 0 aliphatic rings. The topological polar surface area (TPSA) is 55.4 Å². The number of para-hydroxylation sites is 1. The van der Waals surface area contributed by atoms with Gasteiger partial charge in [-0.15, -0.1) is 0 Å². The Labute approximate surface area is 94.3 Å². The Morgan fingerprint density at radius 1 is 1.40 bits per heavy atom. The van der Waals surface area contributed by atoms with Crippen LogP contribution in [0, 0.1) is 0 Å². The molecule has 0 aromatic heterocycles. The van der Waals surface area contributed by atoms with Crippen LogP contribution >= 0.6 is 11.6 Å². The molecule has 1 N–H and O–H groups in total. The summed E-state index contributed by atoms with van der Waals surface area (Å²) in [6.07, 6.45) is 1.10. The van der Waals surface area contributed by atoms with Gasteiger partial charge in [-0.2, -0.15) is 0 Å². The number of benzene rings is 1. The summed E-state index contributed by atoms with van der Waals surface area (Å²) in [7, 11) is -3.15. The van der Waals surface area contributed by atoms with E-state index in [0.29, 0.717) is 10.8 Å². The van der Waals surface area contributed by atoms with Crippen molar-refractivity contribution in [1.82, 2.24) is 4.72 Å². The molecule has 15 heavy (non-hydrogen) atoms. The second-order valence-corrected chi connectivity index (χ2v) is 5.19. The smallest absolute Gasteiger partial charge is 0.208 e. The number of hydrogen-bond acceptors (Lipinski definition) is 3. The molecule has 0 bridgehead atoms. The third-order valence-corrected chi connectivity index (χ3v) is 2.60. The summed E-state index contributed by atoms with van der Waals surface area (Å²) in [4.78, 5) is 0. The molecule has 0 saturated heterocycles. The Hall–Kier alpha value is -0.780. The Balaban J connectivity index is 2.36. The lowest BCUT2D eigenvalue weighted by Crippen LogP contribution is -2.26. The highest BCUT2D eigenvalue weighted by molar-refractivity contribution is 7.88. The minimum Gasteiger partial charge on any atom is -0.491 e. The number of halogens is 1. The van der Waals surface area contributed by atoms with Crippen molar-refractivity contribution in [2.24, 2.45) is 0 Å². The zero-order valence-electron chi connectivity index (χ0n) is 8.23. The largest absolute Gasteiger partial charge is 0.491 e. The van der Waals surface area contributed by atoms with Crippen molar-refractivity contribution in [3.8, 4) is 5.75 Å². The average Bonchev–Trinajstić information content (AvgIpc) is 2.13. The minimum absolute atomic E-state index is 0.226. The molecule has 1 aromatic rings. The van der Waals surface area contributed by atoms with Crippen LogP contribution in [0.25, 0.3) is 0 Å². The molecule has 4 nitrogen and oxygen atoms in total. The Morgan fingerprint density at radius 2 is 2.07 bits per heavy atom. The Bertz CT molecular complexity index is 419. The van der Waals surface area contributed by atoms with Gasteiger partial charge in [0.05, 0.1) is 11.3 Å². The summed E-state index contributed by atoms with van der Waals surface area (Å²) < 4.78 is 29.0. The van der Waals surface area contributed by atoms with Crippen molar-refractivity contribution in [2.45, 2.75) is 0 Å². The molecular weight excluding hydrogens is 238 g/mol. The minimum atomic E-state index is -3.15. The number of rotatable bonds is 5. The monoisotopic (exact) mass is 249 g/mol. The molecule has 0 aliphatic carbocycles. The fourth-order valence-corrected chi connectivity index (χ4v) is 1.59. The molecule has 0 amide bonds. The van der Waals surface area contributed by atoms with E-state index >= 15 is 0 Å². The molecule has 6 heteroatoms. The van der Waals surface area contributed by atoms with Crippen LogP contribution in [0.1, 0.15) is 0 Å². The second-order valence-electron chi connectivity index (χ2n) is 2.95. The number of ether oxygens (including phenoxy) is 1. The third kappa shape index (κ3) is 5.01. The molecule has 0 heterocycles. The summed E-state index contributed by atoms with van der Waals surface area (Å²) in [5, 5.41) is 0.511. The van der Waals surface area contributed by atoms with E-state index in [-0.39, 0.29) is 13.2 Å². The van der Waals surface area contributed by atoms with Gasteiger partial charge < -0.3 is 4.74 Å². The van der Waals surface area contributed by atoms with E-state index in [0.717, 1.165) is 6.26 Å². The van der Waals surface area contributed by atoms with Gasteiger partial charge >= 0.3 is 0 Å². The number of hydrogen-bond donors (Lipinski definition) is 1. The summed E-state index contributed by atoms with van der Waals surface area (Å²) in [6, 6.07) is 7.03. The molecule has 84 valence electrons. The van der Waals surface area contributed by atoms with Crippen LogP contribution in [0.4, 0.5) is 0 Å². The van der Waals surface area contributed by atoms with Gasteiger partial charge in [0.15, 0.2) is 0 Å². The van der Waals surface area contributed by atoms with Gasteiger partial charge in [0.1, 0.15) is 12.4 Å². The first kappa shape index (κ1) is 12.3. The summed E-state index contributed by atoms with van der Waals surface area (Å²) in [5.41, 5.74) is 0. The van der Waals surface area contributed by atoms with Crippen molar-refractivity contribution < 1.29 is 13.2 Å². The lowest BCUT2D eigenvalue weighted by atomic mass is 10.3. The fraction of sp³-hybridized carbons (Fsp3) is 0.333. The van der Waals surface area contributed by atoms with Crippen molar-refractivity contribution in [2.75, 3.05) is 19.4 Å². The molecule has 0 saturated carbocycles. The molecule has 0 radical (unpaired) electrons. The summed E-state index contributed by atoms with van der Waals surface area (Å²) >= 11 is 5.83. The van der Waals surface area contributed by atoms with Crippen LogP contribution in [-0.4, -0.2) is 27.8 Å². The van der Waals surface area contributed by atoms with Crippen molar-refractivity contribution in [1.29, 1.82) is 0 Å². The lowest BCUT2D eigenvalue weighted by Gasteiger charge is -2.07. The number of sulfonamides is 1. The van der Waals surface area contributed by atoms with Crippen molar-refractivity contribution in [3.05, 3.63) is 29.3 Å². The van der Waals surface area contributed by atoms with E-state index in [2.05, 4.69) is 4.72 Å². The Kier molecular flexibility index (Phi) is 4.38. The number of nitrogens with one attached hydrogen (secondary N) is 1. The third-order valence-electron chi connectivity index (χ3n) is 1.56. The van der Waals surface area contributed by atoms with Crippen molar-refractivity contribution >= 4 is 21.6 Å². The van der Waals surface area contributed by atoms with Gasteiger partial charge in [0.25, 0.3) is 0 Å². The predicted octanol–water partition coefficient (Wildman–Crippen LogP) is 1.27. The molecule has 0 unspecified atom stereocenters. The normalized spacial score (nSPS) is 11.3. The van der Waals surface area contributed by atoms with Crippen LogP contribution in [0.3, 0.4) is 0 Å². The van der Waals surface area contributed by atoms with Crippen LogP contribution in [-0.2, 0) is 10.0 Å². The summed E-state index contributed by atoms with van der Waals surface area (Å²) in [5.74, 6) is 0.550. The molecule has 1 aromatic carbocycles. The highest BCUT2D eigenvalue weighted by Gasteiger charge is 2.01. The highest BCUT2D eigenvalue weighted by atomic mass is 35.5. The van der Waals surface area contributed by atoms with Crippen LogP contribution in [0.2, 0.25) is 5.02 Å². The maximum absolute atomic E-state index is 10.7. The standard InChI is InChI=1S/C9H12ClNO3S/c1-15(12,13)11-6-7-14-9-5-3-2-4-8(9)10/h2-5,11H,6-7H2,1H3. The highest BCUT2D eigenvalue weighted by Crippen LogP contribution is 2.22. The molecular formula is C9H12ClNO3S. The van der Waals surface area contributed by atoms with Gasteiger partial charge in [0.2, 0.25) is 10.0 Å². The molecule has 0 spiro atoms. The van der Waals surface area contributed by atoms with E-state index < -0.39 is 10.0 Å². The summed E-state index contributed by atoms with van der Waals surface area (Å²) in [6.45, 7) is 0.473. The van der Waals surface area contributed by atoms with Gasteiger partial charge in [-0.1, -0.05) is 23.7 Å². The maximum atomic E-state index is 10.7. The van der Waals surface area contributed by atoms with Gasteiger partial charge in [0, 0.05) is 6.54 Å². The lowest BCUT2D eigenvalue weighted by molar-refractivity contribution is 0.323. The van der Waals surface area contributed by atoms with Crippen LogP contribution < -0.4 is 9.46 Å². The molecule has 0 aliphatic heterocycles. The average molecular weight is 250 g/mol. The first-order valence-electron chi connectivity index (χ1n) is 4.31. The SMILES string of the molecule is CS(=O)(=O)NCCOc1ccccc1Cl. The predicted molar refractivity (Wildman–Crippen MR) is 59.8 cm³/mol. The quantitative estimate of drug-likeness (QED) is 0.800. The van der Waals surface area contributed by atoms with E-state index in [4.69, 9.17) is 16.3 Å². The van der Waals surface area contributed by atoms with E-state index in [9.17, 15) is 8.42 Å². The van der Waals surface area contributed by atoms with Gasteiger partial charge in [-0.25, -0.2) is 13.1 Å². The first-order chi connectivity index (χ1) is 6.99. The van der Waals surface area contributed by atoms with E-state index in [1.165, 1.54) is 0 Å². The maximum Gasteiger partial charge on any atom is 0.208 e. The molecule has 0 fully saturated rings. The zero-order chi connectivity index (χ0) is 11.3. The first-order valence-corrected chi connectivity index (χ1v) is 6.58. The van der Waals surface area contributed by atoms with Crippen LogP contribution in [0.15, 0.2) is 24.3 Å². The van der Waals surface area contributed by atoms with Gasteiger partial charge in [-0.05, 0) is 12.1 Å². The van der Waals surface area contributed by atoms with E-state index in [1.54, 1.807) is 24.3 Å². The second kappa shape index (κ2) is 5.34. The van der Waals surface area contributed by atoms with Gasteiger partial charge in [-0.3, -0.25) is 0 Å².